The predicted molar refractivity (Wildman–Crippen MR) is 146 cm³/mol. The van der Waals surface area contributed by atoms with Crippen molar-refractivity contribution >= 4 is 40.1 Å². The van der Waals surface area contributed by atoms with E-state index in [9.17, 15) is 14.1 Å². The van der Waals surface area contributed by atoms with Crippen molar-refractivity contribution in [1.82, 2.24) is 4.31 Å². The molecule has 3 aromatic carbocycles. The van der Waals surface area contributed by atoms with Gasteiger partial charge < -0.3 is 10.0 Å². The van der Waals surface area contributed by atoms with Gasteiger partial charge in [0.25, 0.3) is 0 Å². The molecule has 0 amide bonds. The van der Waals surface area contributed by atoms with Gasteiger partial charge in [0.2, 0.25) is 0 Å². The molecule has 0 saturated heterocycles. The van der Waals surface area contributed by atoms with Crippen molar-refractivity contribution < 1.29 is 14.1 Å². The number of aromatic carboxylic acids is 1. The molecule has 1 aliphatic rings. The van der Waals surface area contributed by atoms with Crippen molar-refractivity contribution in [3.63, 3.8) is 0 Å². The molecule has 3 aromatic rings. The van der Waals surface area contributed by atoms with Crippen molar-refractivity contribution in [3.8, 4) is 11.1 Å². The molecule has 5 nitrogen and oxygen atoms in total. The van der Waals surface area contributed by atoms with Crippen LogP contribution in [0.4, 0.5) is 11.4 Å². The minimum atomic E-state index is -1.35. The third kappa shape index (κ3) is 5.17. The summed E-state index contributed by atoms with van der Waals surface area (Å²) < 4.78 is 15.9. The van der Waals surface area contributed by atoms with E-state index in [4.69, 9.17) is 0 Å². The van der Waals surface area contributed by atoms with Crippen LogP contribution in [0.15, 0.2) is 70.5 Å². The van der Waals surface area contributed by atoms with Crippen LogP contribution in [-0.2, 0) is 11.0 Å². The summed E-state index contributed by atoms with van der Waals surface area (Å²) in [6, 6.07) is 20.1. The Labute approximate surface area is 214 Å². The Morgan fingerprint density at radius 1 is 1.14 bits per heavy atom. The third-order valence-electron chi connectivity index (χ3n) is 6.67. The van der Waals surface area contributed by atoms with Gasteiger partial charge in [-0.05, 0) is 66.6 Å². The number of benzene rings is 3. The van der Waals surface area contributed by atoms with E-state index >= 15 is 0 Å². The molecule has 1 aliphatic heterocycles. The molecular weight excluding hydrogens is 476 g/mol. The number of hydrogen-bond donors (Lipinski definition) is 1. The number of aryl methyl sites for hydroxylation is 1. The van der Waals surface area contributed by atoms with E-state index in [2.05, 4.69) is 30.0 Å². The largest absolute Gasteiger partial charge is 0.478 e. The third-order valence-corrected chi connectivity index (χ3v) is 8.97. The van der Waals surface area contributed by atoms with Gasteiger partial charge in [-0.1, -0.05) is 50.1 Å². The summed E-state index contributed by atoms with van der Waals surface area (Å²) in [7, 11) is 0.598. The van der Waals surface area contributed by atoms with Crippen LogP contribution in [0, 0.1) is 6.92 Å². The van der Waals surface area contributed by atoms with E-state index in [1.165, 1.54) is 0 Å². The lowest BCUT2D eigenvalue weighted by atomic mass is 9.99. The van der Waals surface area contributed by atoms with E-state index < -0.39 is 17.0 Å². The Balaban J connectivity index is 1.92. The first-order chi connectivity index (χ1) is 16.8. The number of carboxylic acid groups (broad SMARTS) is 1. The molecular formula is C28H32N2O3S2. The van der Waals surface area contributed by atoms with E-state index in [1.807, 2.05) is 54.0 Å². The molecule has 4 rings (SSSR count). The SMILES string of the molecule is CCCCC1CN(c2ccccc2)c2cc(SC)c(-c3ccc(C)c(C(=O)O)c3)cc2S(=O)N1C. The summed E-state index contributed by atoms with van der Waals surface area (Å²) in [4.78, 5) is 15.9. The number of carboxylic acids is 1. The summed E-state index contributed by atoms with van der Waals surface area (Å²) in [6.07, 6.45) is 5.16. The zero-order chi connectivity index (χ0) is 25.1. The lowest BCUT2D eigenvalue weighted by molar-refractivity contribution is 0.0696. The summed E-state index contributed by atoms with van der Waals surface area (Å²) in [5.74, 6) is -0.942. The fourth-order valence-corrected chi connectivity index (χ4v) is 6.54. The molecule has 1 heterocycles. The Bertz CT molecular complexity index is 1250. The van der Waals surface area contributed by atoms with Crippen LogP contribution in [-0.4, -0.2) is 45.5 Å². The van der Waals surface area contributed by atoms with Crippen molar-refractivity contribution in [3.05, 3.63) is 71.8 Å². The molecule has 1 N–H and O–H groups in total. The van der Waals surface area contributed by atoms with E-state index in [-0.39, 0.29) is 11.6 Å². The number of unbranched alkanes of at least 4 members (excludes halogenated alkanes) is 1. The molecule has 2 atom stereocenters. The average Bonchev–Trinajstić information content (AvgIpc) is 2.97. The Morgan fingerprint density at radius 3 is 2.54 bits per heavy atom. The summed E-state index contributed by atoms with van der Waals surface area (Å²) in [5, 5.41) is 9.66. The van der Waals surface area contributed by atoms with Crippen LogP contribution in [0.5, 0.6) is 0 Å². The molecule has 0 radical (unpaired) electrons. The number of thioether (sulfide) groups is 1. The van der Waals surface area contributed by atoms with Crippen molar-refractivity contribution in [2.24, 2.45) is 0 Å². The maximum Gasteiger partial charge on any atom is 0.335 e. The Hall–Kier alpha value is -2.61. The minimum Gasteiger partial charge on any atom is -0.478 e. The van der Waals surface area contributed by atoms with Crippen LogP contribution in [0.2, 0.25) is 0 Å². The number of likely N-dealkylation sites (N-methyl/N-ethyl adjacent to an activating group) is 1. The fraction of sp³-hybridized carbons (Fsp3) is 0.321. The molecule has 184 valence electrons. The first-order valence-electron chi connectivity index (χ1n) is 11.9. The average molecular weight is 509 g/mol. The monoisotopic (exact) mass is 508 g/mol. The highest BCUT2D eigenvalue weighted by atomic mass is 32.2. The van der Waals surface area contributed by atoms with E-state index in [0.717, 1.165) is 63.7 Å². The highest BCUT2D eigenvalue weighted by Crippen LogP contribution is 2.43. The second-order valence-electron chi connectivity index (χ2n) is 8.89. The lowest BCUT2D eigenvalue weighted by Gasteiger charge is -2.30. The maximum atomic E-state index is 13.9. The van der Waals surface area contributed by atoms with Gasteiger partial charge in [-0.3, -0.25) is 0 Å². The molecule has 0 saturated carbocycles. The van der Waals surface area contributed by atoms with E-state index in [1.54, 1.807) is 24.8 Å². The van der Waals surface area contributed by atoms with Crippen LogP contribution in [0.3, 0.4) is 0 Å². The molecule has 7 heteroatoms. The highest BCUT2D eigenvalue weighted by molar-refractivity contribution is 7.98. The van der Waals surface area contributed by atoms with Crippen LogP contribution in [0.25, 0.3) is 11.1 Å². The molecule has 2 unspecified atom stereocenters. The van der Waals surface area contributed by atoms with Crippen LogP contribution < -0.4 is 4.90 Å². The molecule has 35 heavy (non-hydrogen) atoms. The normalized spacial score (nSPS) is 18.2. The summed E-state index contributed by atoms with van der Waals surface area (Å²) in [6.45, 7) is 4.74. The van der Waals surface area contributed by atoms with Crippen molar-refractivity contribution in [1.29, 1.82) is 0 Å². The van der Waals surface area contributed by atoms with Gasteiger partial charge in [0.15, 0.2) is 0 Å². The fourth-order valence-electron chi connectivity index (χ4n) is 4.59. The standard InChI is InChI=1S/C28H32N2O3S2/c1-5-6-10-22-18-30(21-11-8-7-9-12-21)25-17-26(34-4)24(16-27(25)35(33)29(22)3)20-14-13-19(2)23(15-20)28(31)32/h7-9,11-17,22H,5-6,10,18H2,1-4H3,(H,31,32). The predicted octanol–water partition coefficient (Wildman–Crippen LogP) is 6.75. The maximum absolute atomic E-state index is 13.9. The molecule has 0 fully saturated rings. The lowest BCUT2D eigenvalue weighted by Crippen LogP contribution is -2.38. The number of nitrogens with zero attached hydrogens (tertiary/aromatic N) is 2. The number of para-hydroxylation sites is 1. The number of fused-ring (bicyclic) bond motifs is 1. The molecule has 0 aromatic heterocycles. The molecule has 0 spiro atoms. The summed E-state index contributed by atoms with van der Waals surface area (Å²) >= 11 is 1.62. The van der Waals surface area contributed by atoms with Gasteiger partial charge in [0.1, 0.15) is 11.0 Å². The van der Waals surface area contributed by atoms with Crippen molar-refractivity contribution in [2.75, 3.05) is 24.7 Å². The number of rotatable bonds is 7. The quantitative estimate of drug-likeness (QED) is 0.358. The number of hydrogen-bond acceptors (Lipinski definition) is 4. The first kappa shape index (κ1) is 25.5. The highest BCUT2D eigenvalue weighted by Gasteiger charge is 2.32. The zero-order valence-electron chi connectivity index (χ0n) is 20.7. The minimum absolute atomic E-state index is 0.141. The van der Waals surface area contributed by atoms with Crippen LogP contribution >= 0.6 is 11.8 Å². The number of anilines is 2. The summed E-state index contributed by atoms with van der Waals surface area (Å²) in [5.41, 5.74) is 4.75. The van der Waals surface area contributed by atoms with Gasteiger partial charge in [0, 0.05) is 30.2 Å². The van der Waals surface area contributed by atoms with Gasteiger partial charge in [-0.2, -0.15) is 0 Å². The van der Waals surface area contributed by atoms with Gasteiger partial charge in [0.05, 0.1) is 16.1 Å². The zero-order valence-corrected chi connectivity index (χ0v) is 22.3. The molecule has 0 aliphatic carbocycles. The van der Waals surface area contributed by atoms with Crippen molar-refractivity contribution in [2.45, 2.75) is 48.9 Å². The second-order valence-corrected chi connectivity index (χ2v) is 11.3. The Kier molecular flexibility index (Phi) is 7.99. The number of carbonyl (C=O) groups is 1. The Morgan fingerprint density at radius 2 is 1.89 bits per heavy atom. The van der Waals surface area contributed by atoms with Gasteiger partial charge in [-0.15, -0.1) is 11.8 Å². The van der Waals surface area contributed by atoms with Crippen LogP contribution in [0.1, 0.15) is 42.1 Å². The van der Waals surface area contributed by atoms with E-state index in [0.29, 0.717) is 0 Å². The smallest absolute Gasteiger partial charge is 0.335 e. The van der Waals surface area contributed by atoms with Gasteiger partial charge in [-0.25, -0.2) is 13.3 Å². The van der Waals surface area contributed by atoms with Gasteiger partial charge >= 0.3 is 5.97 Å². The first-order valence-corrected chi connectivity index (χ1v) is 14.2. The molecule has 0 bridgehead atoms. The second kappa shape index (κ2) is 11.0. The topological polar surface area (TPSA) is 60.9 Å².